The highest BCUT2D eigenvalue weighted by atomic mass is 32.1. The summed E-state index contributed by atoms with van der Waals surface area (Å²) in [5, 5.41) is 3.67. The summed E-state index contributed by atoms with van der Waals surface area (Å²) in [6, 6.07) is 10.1. The average molecular weight is 418 g/mol. The first-order valence-electron chi connectivity index (χ1n) is 9.69. The number of likely N-dealkylation sites (tertiary alicyclic amines) is 1. The van der Waals surface area contributed by atoms with E-state index < -0.39 is 0 Å². The van der Waals surface area contributed by atoms with Gasteiger partial charge in [-0.1, -0.05) is 19.6 Å². The lowest BCUT2D eigenvalue weighted by molar-refractivity contribution is -0.133. The lowest BCUT2D eigenvalue weighted by Crippen LogP contribution is -2.48. The quantitative estimate of drug-likeness (QED) is 0.756. The van der Waals surface area contributed by atoms with E-state index in [2.05, 4.69) is 5.32 Å². The third kappa shape index (κ3) is 4.96. The maximum Gasteiger partial charge on any atom is 0.322 e. The van der Waals surface area contributed by atoms with Crippen molar-refractivity contribution in [1.82, 2.24) is 9.80 Å². The number of hydrogen-bond acceptors (Lipinski definition) is 3. The number of amides is 3. The fourth-order valence-electron chi connectivity index (χ4n) is 3.62. The van der Waals surface area contributed by atoms with Crippen molar-refractivity contribution in [3.05, 3.63) is 42.2 Å². The molecule has 0 spiro atoms. The molecule has 29 heavy (non-hydrogen) atoms. The second-order valence-corrected chi connectivity index (χ2v) is 8.63. The molecule has 0 radical (unpaired) electrons. The van der Waals surface area contributed by atoms with E-state index in [4.69, 9.17) is 0 Å². The Hall–Kier alpha value is -2.41. The Labute approximate surface area is 175 Å². The molecule has 1 saturated carbocycles. The predicted molar refractivity (Wildman–Crippen MR) is 116 cm³/mol. The molecule has 2 heterocycles. The minimum atomic E-state index is -0.275. The van der Waals surface area contributed by atoms with Gasteiger partial charge in [-0.3, -0.25) is 10.1 Å². The summed E-state index contributed by atoms with van der Waals surface area (Å²) in [5.41, 5.74) is 0.798. The van der Waals surface area contributed by atoms with E-state index in [9.17, 15) is 14.0 Å². The minimum Gasteiger partial charge on any atom is -0.342 e. The molecule has 1 N–H and O–H groups in total. The van der Waals surface area contributed by atoms with E-state index in [-0.39, 0.29) is 37.1 Å². The molecule has 1 saturated heterocycles. The Bertz CT molecular complexity index is 872. The molecule has 1 aromatic heterocycles. The minimum absolute atomic E-state index is 0. The van der Waals surface area contributed by atoms with Crippen molar-refractivity contribution >= 4 is 28.3 Å². The molecule has 5 nitrogen and oxygen atoms in total. The van der Waals surface area contributed by atoms with Crippen molar-refractivity contribution in [3.8, 4) is 10.4 Å². The van der Waals surface area contributed by atoms with Crippen molar-refractivity contribution in [2.75, 3.05) is 25.5 Å². The number of benzene rings is 1. The molecule has 1 aromatic carbocycles. The summed E-state index contributed by atoms with van der Waals surface area (Å²) in [5.74, 6) is 0.264. The summed E-state index contributed by atoms with van der Waals surface area (Å²) >= 11 is 1.42. The van der Waals surface area contributed by atoms with Crippen LogP contribution in [0.25, 0.3) is 10.4 Å². The third-order valence-corrected chi connectivity index (χ3v) is 6.57. The van der Waals surface area contributed by atoms with Crippen LogP contribution in [0.4, 0.5) is 14.2 Å². The summed E-state index contributed by atoms with van der Waals surface area (Å²) < 4.78 is 13.4. The largest absolute Gasteiger partial charge is 0.342 e. The summed E-state index contributed by atoms with van der Waals surface area (Å²) in [7, 11) is 1.81. The molecule has 1 aliphatic carbocycles. The molecule has 0 bridgehead atoms. The van der Waals surface area contributed by atoms with Crippen LogP contribution < -0.4 is 5.32 Å². The lowest BCUT2D eigenvalue weighted by Gasteiger charge is -2.36. The molecule has 1 aliphatic heterocycles. The molecule has 2 aromatic rings. The van der Waals surface area contributed by atoms with E-state index in [0.717, 1.165) is 54.2 Å². The van der Waals surface area contributed by atoms with Gasteiger partial charge in [-0.05, 0) is 55.5 Å². The Morgan fingerprint density at radius 1 is 1.14 bits per heavy atom. The number of nitrogens with zero attached hydrogens (tertiary/aromatic N) is 2. The molecule has 2 aliphatic rings. The first kappa shape index (κ1) is 21.3. The van der Waals surface area contributed by atoms with Crippen LogP contribution in [0.1, 0.15) is 33.1 Å². The maximum atomic E-state index is 13.4. The van der Waals surface area contributed by atoms with Crippen molar-refractivity contribution in [3.63, 3.8) is 0 Å². The number of piperidine rings is 1. The van der Waals surface area contributed by atoms with Gasteiger partial charge >= 0.3 is 6.03 Å². The highest BCUT2D eigenvalue weighted by Crippen LogP contribution is 2.33. The Kier molecular flexibility index (Phi) is 6.57. The topological polar surface area (TPSA) is 52.7 Å². The fraction of sp³-hybridized carbons (Fsp3) is 0.455. The van der Waals surface area contributed by atoms with Crippen LogP contribution in [0.3, 0.4) is 0 Å². The highest BCUT2D eigenvalue weighted by molar-refractivity contribution is 7.19. The average Bonchev–Trinajstić information content (AvgIpc) is 3.46. The number of carbonyl (C=O) groups is 2. The van der Waals surface area contributed by atoms with E-state index >= 15 is 0 Å². The third-order valence-electron chi connectivity index (χ3n) is 5.52. The van der Waals surface area contributed by atoms with Crippen molar-refractivity contribution in [1.29, 1.82) is 0 Å². The second kappa shape index (κ2) is 8.95. The maximum absolute atomic E-state index is 13.4. The monoisotopic (exact) mass is 417 g/mol. The zero-order chi connectivity index (χ0) is 19.7. The Balaban J connectivity index is 0.00000240. The van der Waals surface area contributed by atoms with E-state index in [1.165, 1.54) is 23.5 Å². The molecular formula is C22H28FN3O2S. The molecule has 7 heteroatoms. The number of hydrogen-bond donors (Lipinski definition) is 1. The summed E-state index contributed by atoms with van der Waals surface area (Å²) in [4.78, 5) is 29.4. The SMILES string of the molecule is C.CN(C(=O)Nc1ccc(-c2cccc(F)c2)s1)C1CCN(C(=O)C2CC2)CC1. The van der Waals surface area contributed by atoms with Crippen molar-refractivity contribution < 1.29 is 14.0 Å². The van der Waals surface area contributed by atoms with Crippen molar-refractivity contribution in [2.45, 2.75) is 39.2 Å². The van der Waals surface area contributed by atoms with Gasteiger partial charge in [-0.15, -0.1) is 11.3 Å². The zero-order valence-corrected chi connectivity index (χ0v) is 16.7. The highest BCUT2D eigenvalue weighted by Gasteiger charge is 2.35. The molecular weight excluding hydrogens is 389 g/mol. The van der Waals surface area contributed by atoms with Gasteiger partial charge in [-0.25, -0.2) is 9.18 Å². The summed E-state index contributed by atoms with van der Waals surface area (Å²) in [6.45, 7) is 1.45. The van der Waals surface area contributed by atoms with Crippen LogP contribution in [0, 0.1) is 11.7 Å². The molecule has 0 unspecified atom stereocenters. The van der Waals surface area contributed by atoms with Gasteiger partial charge in [0.1, 0.15) is 5.82 Å². The van der Waals surface area contributed by atoms with Crippen LogP contribution in [0.15, 0.2) is 36.4 Å². The van der Waals surface area contributed by atoms with Gasteiger partial charge < -0.3 is 9.80 Å². The van der Waals surface area contributed by atoms with Gasteiger partial charge in [0, 0.05) is 37.0 Å². The predicted octanol–water partition coefficient (Wildman–Crippen LogP) is 5.06. The van der Waals surface area contributed by atoms with Crippen LogP contribution >= 0.6 is 11.3 Å². The zero-order valence-electron chi connectivity index (χ0n) is 15.9. The Morgan fingerprint density at radius 2 is 1.86 bits per heavy atom. The van der Waals surface area contributed by atoms with Crippen LogP contribution in [-0.4, -0.2) is 47.9 Å². The van der Waals surface area contributed by atoms with Gasteiger partial charge in [0.2, 0.25) is 5.91 Å². The summed E-state index contributed by atoms with van der Waals surface area (Å²) in [6.07, 6.45) is 3.67. The molecule has 0 atom stereocenters. The standard InChI is InChI=1S/C21H24FN3O2S.CH4/c1-24(17-9-11-25(12-10-17)20(26)14-5-6-14)21(27)23-19-8-7-18(28-19)15-3-2-4-16(22)13-15;/h2-4,7-8,13-14,17H,5-6,9-12H2,1H3,(H,23,27);1H4. The molecule has 2 fully saturated rings. The number of thiophene rings is 1. The normalized spacial score (nSPS) is 16.8. The van der Waals surface area contributed by atoms with Crippen LogP contribution in [-0.2, 0) is 4.79 Å². The van der Waals surface area contributed by atoms with Crippen LogP contribution in [0.5, 0.6) is 0 Å². The number of anilines is 1. The van der Waals surface area contributed by atoms with Crippen molar-refractivity contribution in [2.24, 2.45) is 5.92 Å². The fourth-order valence-corrected chi connectivity index (χ4v) is 4.52. The lowest BCUT2D eigenvalue weighted by atomic mass is 10.0. The molecule has 3 amide bonds. The molecule has 4 rings (SSSR count). The van der Waals surface area contributed by atoms with Gasteiger partial charge in [-0.2, -0.15) is 0 Å². The first-order valence-corrected chi connectivity index (χ1v) is 10.5. The van der Waals surface area contributed by atoms with Crippen LogP contribution in [0.2, 0.25) is 0 Å². The number of nitrogens with one attached hydrogen (secondary N) is 1. The number of urea groups is 1. The number of carbonyl (C=O) groups excluding carboxylic acids is 2. The van der Waals surface area contributed by atoms with E-state index in [1.54, 1.807) is 18.0 Å². The first-order chi connectivity index (χ1) is 13.5. The molecule has 156 valence electrons. The Morgan fingerprint density at radius 3 is 2.52 bits per heavy atom. The van der Waals surface area contributed by atoms with Gasteiger partial charge in [0.25, 0.3) is 0 Å². The second-order valence-electron chi connectivity index (χ2n) is 7.55. The van der Waals surface area contributed by atoms with E-state index in [0.29, 0.717) is 0 Å². The van der Waals surface area contributed by atoms with E-state index in [1.807, 2.05) is 23.1 Å². The van der Waals surface area contributed by atoms with Gasteiger partial charge in [0.05, 0.1) is 5.00 Å². The number of rotatable bonds is 4. The number of halogens is 1. The smallest absolute Gasteiger partial charge is 0.322 e. The van der Waals surface area contributed by atoms with Gasteiger partial charge in [0.15, 0.2) is 0 Å².